The van der Waals surface area contributed by atoms with Gasteiger partial charge < -0.3 is 10.1 Å². The average molecular weight is 225 g/mol. The van der Waals surface area contributed by atoms with Crippen LogP contribution < -0.4 is 5.32 Å². The van der Waals surface area contributed by atoms with E-state index < -0.39 is 0 Å². The molecule has 3 heteroatoms. The summed E-state index contributed by atoms with van der Waals surface area (Å²) in [4.78, 5) is 0. The summed E-state index contributed by atoms with van der Waals surface area (Å²) in [6, 6.07) is 5.02. The maximum absolute atomic E-state index is 13.3. The van der Waals surface area contributed by atoms with Crippen LogP contribution in [0.25, 0.3) is 0 Å². The molecule has 0 saturated carbocycles. The summed E-state index contributed by atoms with van der Waals surface area (Å²) < 4.78 is 18.8. The second-order valence-corrected chi connectivity index (χ2v) is 4.59. The summed E-state index contributed by atoms with van der Waals surface area (Å²) in [5.74, 6) is -0.206. The lowest BCUT2D eigenvalue weighted by atomic mass is 9.91. The number of nitrogens with one attached hydrogen (secondary N) is 1. The van der Waals surface area contributed by atoms with Gasteiger partial charge in [0.15, 0.2) is 0 Å². The van der Waals surface area contributed by atoms with Crippen LogP contribution in [0.2, 0.25) is 0 Å². The fourth-order valence-electron chi connectivity index (χ4n) is 1.96. The molecule has 2 nitrogen and oxygen atoms in total. The molecule has 0 aliphatic rings. The molecule has 0 amide bonds. The molecular weight excluding hydrogens is 205 g/mol. The SMILES string of the molecule is CNC(c1cc(C)cc(F)c1)C(C)(C)OC. The van der Waals surface area contributed by atoms with E-state index in [-0.39, 0.29) is 17.5 Å². The molecule has 1 aromatic rings. The van der Waals surface area contributed by atoms with Crippen molar-refractivity contribution in [2.24, 2.45) is 0 Å². The summed E-state index contributed by atoms with van der Waals surface area (Å²) >= 11 is 0. The molecule has 1 unspecified atom stereocenters. The fraction of sp³-hybridized carbons (Fsp3) is 0.538. The Morgan fingerprint density at radius 1 is 1.31 bits per heavy atom. The molecule has 0 aromatic heterocycles. The molecule has 0 saturated heterocycles. The van der Waals surface area contributed by atoms with Gasteiger partial charge in [-0.3, -0.25) is 0 Å². The number of benzene rings is 1. The van der Waals surface area contributed by atoms with Crippen LogP contribution in [0.4, 0.5) is 4.39 Å². The van der Waals surface area contributed by atoms with E-state index in [2.05, 4.69) is 5.32 Å². The van der Waals surface area contributed by atoms with E-state index in [9.17, 15) is 4.39 Å². The van der Waals surface area contributed by atoms with Crippen LogP contribution in [-0.2, 0) is 4.74 Å². The van der Waals surface area contributed by atoms with Crippen LogP contribution in [0.1, 0.15) is 31.0 Å². The van der Waals surface area contributed by atoms with Crippen LogP contribution in [-0.4, -0.2) is 19.8 Å². The molecule has 0 spiro atoms. The van der Waals surface area contributed by atoms with E-state index in [1.165, 1.54) is 6.07 Å². The Morgan fingerprint density at radius 3 is 2.38 bits per heavy atom. The fourth-order valence-corrected chi connectivity index (χ4v) is 1.96. The number of rotatable bonds is 4. The van der Waals surface area contributed by atoms with Crippen molar-refractivity contribution in [2.45, 2.75) is 32.4 Å². The highest BCUT2D eigenvalue weighted by Crippen LogP contribution is 2.29. The molecule has 0 radical (unpaired) electrons. The molecule has 0 aliphatic carbocycles. The summed E-state index contributed by atoms with van der Waals surface area (Å²) in [6.07, 6.45) is 0. The van der Waals surface area contributed by atoms with E-state index in [1.807, 2.05) is 33.9 Å². The van der Waals surface area contributed by atoms with Crippen molar-refractivity contribution in [2.75, 3.05) is 14.2 Å². The number of likely N-dealkylation sites (N-methyl/N-ethyl adjacent to an activating group) is 1. The second-order valence-electron chi connectivity index (χ2n) is 4.59. The zero-order valence-corrected chi connectivity index (χ0v) is 10.6. The summed E-state index contributed by atoms with van der Waals surface area (Å²) in [6.45, 7) is 5.85. The van der Waals surface area contributed by atoms with E-state index in [4.69, 9.17) is 4.74 Å². The summed E-state index contributed by atoms with van der Waals surface area (Å²) in [7, 11) is 3.52. The molecular formula is C13H20FNO. The van der Waals surface area contributed by atoms with Gasteiger partial charge in [0.25, 0.3) is 0 Å². The number of methoxy groups -OCH3 is 1. The van der Waals surface area contributed by atoms with Gasteiger partial charge in [-0.1, -0.05) is 6.07 Å². The number of ether oxygens (including phenoxy) is 1. The predicted molar refractivity (Wildman–Crippen MR) is 64.0 cm³/mol. The Morgan fingerprint density at radius 2 is 1.94 bits per heavy atom. The standard InChI is InChI=1S/C13H20FNO/c1-9-6-10(8-11(14)7-9)12(15-4)13(2,3)16-5/h6-8,12,15H,1-5H3. The Kier molecular flexibility index (Phi) is 4.05. The maximum atomic E-state index is 13.3. The van der Waals surface area contributed by atoms with Gasteiger partial charge in [-0.15, -0.1) is 0 Å². The second kappa shape index (κ2) is 4.93. The van der Waals surface area contributed by atoms with Crippen molar-refractivity contribution in [3.05, 3.63) is 35.1 Å². The minimum atomic E-state index is -0.380. The van der Waals surface area contributed by atoms with Crippen LogP contribution in [0.5, 0.6) is 0 Å². The lowest BCUT2D eigenvalue weighted by Crippen LogP contribution is -2.39. The van der Waals surface area contributed by atoms with Gasteiger partial charge in [-0.2, -0.15) is 0 Å². The van der Waals surface area contributed by atoms with E-state index >= 15 is 0 Å². The van der Waals surface area contributed by atoms with Gasteiger partial charge in [-0.25, -0.2) is 4.39 Å². The number of halogens is 1. The first-order valence-corrected chi connectivity index (χ1v) is 5.40. The first-order chi connectivity index (χ1) is 7.40. The van der Waals surface area contributed by atoms with Crippen molar-refractivity contribution < 1.29 is 9.13 Å². The van der Waals surface area contributed by atoms with Gasteiger partial charge in [0, 0.05) is 7.11 Å². The first-order valence-electron chi connectivity index (χ1n) is 5.40. The molecule has 0 aliphatic heterocycles. The van der Waals surface area contributed by atoms with Crippen molar-refractivity contribution >= 4 is 0 Å². The molecule has 16 heavy (non-hydrogen) atoms. The van der Waals surface area contributed by atoms with Gasteiger partial charge in [0.1, 0.15) is 5.82 Å². The van der Waals surface area contributed by atoms with Crippen molar-refractivity contribution in [1.29, 1.82) is 0 Å². The zero-order valence-electron chi connectivity index (χ0n) is 10.6. The van der Waals surface area contributed by atoms with Gasteiger partial charge in [0.2, 0.25) is 0 Å². The third kappa shape index (κ3) is 2.80. The lowest BCUT2D eigenvalue weighted by Gasteiger charge is -2.33. The highest BCUT2D eigenvalue weighted by atomic mass is 19.1. The van der Waals surface area contributed by atoms with Crippen LogP contribution in [0, 0.1) is 12.7 Å². The van der Waals surface area contributed by atoms with Crippen molar-refractivity contribution in [1.82, 2.24) is 5.32 Å². The van der Waals surface area contributed by atoms with E-state index in [0.29, 0.717) is 0 Å². The minimum Gasteiger partial charge on any atom is -0.377 e. The maximum Gasteiger partial charge on any atom is 0.123 e. The van der Waals surface area contributed by atoms with Crippen LogP contribution in [0.3, 0.4) is 0 Å². The molecule has 0 fully saturated rings. The molecule has 0 bridgehead atoms. The first kappa shape index (κ1) is 13.1. The van der Waals surface area contributed by atoms with E-state index in [0.717, 1.165) is 11.1 Å². The Bertz CT molecular complexity index is 343. The number of hydrogen-bond donors (Lipinski definition) is 1. The molecule has 1 N–H and O–H groups in total. The normalized spacial score (nSPS) is 13.9. The molecule has 90 valence electrons. The van der Waals surface area contributed by atoms with Crippen LogP contribution >= 0.6 is 0 Å². The topological polar surface area (TPSA) is 21.3 Å². The quantitative estimate of drug-likeness (QED) is 0.850. The smallest absolute Gasteiger partial charge is 0.123 e. The Hall–Kier alpha value is -0.930. The highest BCUT2D eigenvalue weighted by Gasteiger charge is 2.29. The predicted octanol–water partition coefficient (Wildman–Crippen LogP) is 2.82. The molecule has 1 aromatic carbocycles. The molecule has 0 heterocycles. The zero-order chi connectivity index (χ0) is 12.3. The lowest BCUT2D eigenvalue weighted by molar-refractivity contribution is -0.00905. The highest BCUT2D eigenvalue weighted by molar-refractivity contribution is 5.28. The molecule has 1 rings (SSSR count). The van der Waals surface area contributed by atoms with Gasteiger partial charge >= 0.3 is 0 Å². The summed E-state index contributed by atoms with van der Waals surface area (Å²) in [5, 5.41) is 3.17. The Balaban J connectivity index is 3.13. The monoisotopic (exact) mass is 225 g/mol. The van der Waals surface area contributed by atoms with Gasteiger partial charge in [0.05, 0.1) is 11.6 Å². The van der Waals surface area contributed by atoms with E-state index in [1.54, 1.807) is 13.2 Å². The number of hydrogen-bond acceptors (Lipinski definition) is 2. The summed E-state index contributed by atoms with van der Waals surface area (Å²) in [5.41, 5.74) is 1.45. The molecule has 1 atom stereocenters. The largest absolute Gasteiger partial charge is 0.377 e. The van der Waals surface area contributed by atoms with Crippen molar-refractivity contribution in [3.8, 4) is 0 Å². The third-order valence-electron chi connectivity index (χ3n) is 2.91. The van der Waals surface area contributed by atoms with Gasteiger partial charge in [-0.05, 0) is 51.1 Å². The number of aryl methyl sites for hydroxylation is 1. The Labute approximate surface area is 96.8 Å². The van der Waals surface area contributed by atoms with Crippen LogP contribution in [0.15, 0.2) is 18.2 Å². The third-order valence-corrected chi connectivity index (χ3v) is 2.91. The van der Waals surface area contributed by atoms with Crippen molar-refractivity contribution in [3.63, 3.8) is 0 Å². The average Bonchev–Trinajstić information content (AvgIpc) is 2.16. The minimum absolute atomic E-state index is 0.0353.